The Kier molecular flexibility index (Phi) is 5.51. The Morgan fingerprint density at radius 3 is 2.48 bits per heavy atom. The van der Waals surface area contributed by atoms with E-state index in [0.29, 0.717) is 6.04 Å². The van der Waals surface area contributed by atoms with Crippen molar-refractivity contribution < 1.29 is 9.59 Å². The lowest BCUT2D eigenvalue weighted by Crippen LogP contribution is -2.41. The smallest absolute Gasteiger partial charge is 0.321 e. The van der Waals surface area contributed by atoms with Gasteiger partial charge in [0.25, 0.3) is 0 Å². The van der Waals surface area contributed by atoms with E-state index < -0.39 is 11.3 Å². The van der Waals surface area contributed by atoms with Crippen LogP contribution in [0.1, 0.15) is 45.6 Å². The molecule has 8 nitrogen and oxygen atoms in total. The van der Waals surface area contributed by atoms with Crippen LogP contribution in [-0.4, -0.2) is 52.1 Å². The van der Waals surface area contributed by atoms with E-state index in [1.165, 1.54) is 31.7 Å². The van der Waals surface area contributed by atoms with Crippen molar-refractivity contribution >= 4 is 29.6 Å². The molecule has 0 unspecified atom stereocenters. The van der Waals surface area contributed by atoms with Crippen LogP contribution in [0.25, 0.3) is 0 Å². The molecule has 3 rings (SSSR count). The van der Waals surface area contributed by atoms with Gasteiger partial charge in [0.15, 0.2) is 5.16 Å². The monoisotopic (exact) mass is 366 g/mol. The second-order valence-corrected chi connectivity index (χ2v) is 8.19. The van der Waals surface area contributed by atoms with E-state index in [0.717, 1.165) is 43.0 Å². The van der Waals surface area contributed by atoms with Crippen LogP contribution in [-0.2, 0) is 4.79 Å². The van der Waals surface area contributed by atoms with Crippen molar-refractivity contribution in [3.8, 4) is 0 Å². The van der Waals surface area contributed by atoms with Crippen LogP contribution < -0.4 is 15.5 Å². The third-order valence-electron chi connectivity index (χ3n) is 4.74. The molecule has 0 aromatic carbocycles. The summed E-state index contributed by atoms with van der Waals surface area (Å²) < 4.78 is 2.18. The highest BCUT2D eigenvalue weighted by Crippen LogP contribution is 2.42. The normalized spacial score (nSPS) is 19.6. The lowest BCUT2D eigenvalue weighted by Gasteiger charge is -2.31. The summed E-state index contributed by atoms with van der Waals surface area (Å²) in [4.78, 5) is 25.7. The fourth-order valence-corrected chi connectivity index (χ4v) is 3.83. The largest absolute Gasteiger partial charge is 0.341 e. The highest BCUT2D eigenvalue weighted by molar-refractivity contribution is 8.00. The van der Waals surface area contributed by atoms with E-state index >= 15 is 0 Å². The molecule has 1 aromatic heterocycles. The number of urea groups is 1. The van der Waals surface area contributed by atoms with Gasteiger partial charge in [0.05, 0.1) is 5.25 Å². The van der Waals surface area contributed by atoms with E-state index in [1.807, 2.05) is 0 Å². The number of anilines is 1. The predicted octanol–water partition coefficient (Wildman–Crippen LogP) is 1.79. The highest BCUT2D eigenvalue weighted by atomic mass is 32.2. The van der Waals surface area contributed by atoms with Gasteiger partial charge >= 0.3 is 6.03 Å². The first-order valence-corrected chi connectivity index (χ1v) is 9.76. The molecule has 2 heterocycles. The second-order valence-electron chi connectivity index (χ2n) is 6.88. The van der Waals surface area contributed by atoms with E-state index in [4.69, 9.17) is 0 Å². The summed E-state index contributed by atoms with van der Waals surface area (Å²) in [5.74, 6) is 1.36. The van der Waals surface area contributed by atoms with Gasteiger partial charge < -0.3 is 10.2 Å². The number of imide groups is 1. The number of piperidine rings is 1. The molecule has 1 aliphatic heterocycles. The van der Waals surface area contributed by atoms with Crippen molar-refractivity contribution in [3.05, 3.63) is 0 Å². The number of aromatic nitrogens is 3. The number of thioether (sulfide) groups is 1. The van der Waals surface area contributed by atoms with E-state index in [1.54, 1.807) is 6.92 Å². The van der Waals surface area contributed by atoms with Gasteiger partial charge in [0, 0.05) is 26.2 Å². The van der Waals surface area contributed by atoms with Crippen molar-refractivity contribution in [2.75, 3.05) is 25.0 Å². The lowest BCUT2D eigenvalue weighted by molar-refractivity contribution is -0.119. The number of amides is 3. The Labute approximate surface area is 152 Å². The molecule has 0 spiro atoms. The second kappa shape index (κ2) is 7.63. The summed E-state index contributed by atoms with van der Waals surface area (Å²) in [5.41, 5.74) is 0. The molecular weight excluding hydrogens is 340 g/mol. The molecule has 1 saturated heterocycles. The van der Waals surface area contributed by atoms with Crippen molar-refractivity contribution in [3.63, 3.8) is 0 Å². The molecule has 1 aromatic rings. The highest BCUT2D eigenvalue weighted by Gasteiger charge is 2.33. The maximum atomic E-state index is 12.1. The van der Waals surface area contributed by atoms with Crippen LogP contribution in [0, 0.1) is 5.92 Å². The summed E-state index contributed by atoms with van der Waals surface area (Å²) in [6, 6.07) is -0.0645. The fourth-order valence-electron chi connectivity index (χ4n) is 2.91. The van der Waals surface area contributed by atoms with Crippen LogP contribution in [0.15, 0.2) is 5.16 Å². The van der Waals surface area contributed by atoms with E-state index in [-0.39, 0.29) is 5.91 Å². The van der Waals surface area contributed by atoms with Gasteiger partial charge in [-0.2, -0.15) is 0 Å². The number of nitrogens with one attached hydrogen (secondary N) is 2. The van der Waals surface area contributed by atoms with Crippen LogP contribution in [0.5, 0.6) is 0 Å². The summed E-state index contributed by atoms with van der Waals surface area (Å²) >= 11 is 1.36. The molecule has 1 atom stereocenters. The van der Waals surface area contributed by atoms with Crippen LogP contribution in [0.3, 0.4) is 0 Å². The van der Waals surface area contributed by atoms with Crippen molar-refractivity contribution in [2.24, 2.45) is 5.92 Å². The van der Waals surface area contributed by atoms with Gasteiger partial charge in [-0.15, -0.1) is 10.2 Å². The first kappa shape index (κ1) is 18.0. The first-order valence-electron chi connectivity index (χ1n) is 8.88. The predicted molar refractivity (Wildman–Crippen MR) is 96.8 cm³/mol. The minimum Gasteiger partial charge on any atom is -0.341 e. The lowest BCUT2D eigenvalue weighted by atomic mass is 10.00. The molecule has 1 aliphatic carbocycles. The molecule has 1 saturated carbocycles. The summed E-state index contributed by atoms with van der Waals surface area (Å²) in [7, 11) is 1.48. The third-order valence-corrected chi connectivity index (χ3v) is 5.80. The number of hydrogen-bond acceptors (Lipinski definition) is 6. The van der Waals surface area contributed by atoms with Gasteiger partial charge in [-0.3, -0.25) is 14.7 Å². The average Bonchev–Trinajstić information content (AvgIpc) is 3.36. The minimum absolute atomic E-state index is 0.331. The molecule has 2 N–H and O–H groups in total. The Bertz CT molecular complexity index is 637. The minimum atomic E-state index is -0.496. The van der Waals surface area contributed by atoms with Gasteiger partial charge in [0.1, 0.15) is 0 Å². The molecule has 3 amide bonds. The summed E-state index contributed by atoms with van der Waals surface area (Å²) in [6.07, 6.45) is 4.60. The number of hydrogen-bond donors (Lipinski definition) is 2. The zero-order valence-corrected chi connectivity index (χ0v) is 15.8. The number of carbonyl (C=O) groups is 2. The van der Waals surface area contributed by atoms with Crippen LogP contribution in [0.4, 0.5) is 10.7 Å². The number of rotatable bonds is 5. The van der Waals surface area contributed by atoms with Crippen LogP contribution in [0.2, 0.25) is 0 Å². The zero-order valence-electron chi connectivity index (χ0n) is 15.0. The summed E-state index contributed by atoms with van der Waals surface area (Å²) in [5, 5.41) is 13.8. The van der Waals surface area contributed by atoms with E-state index in [9.17, 15) is 9.59 Å². The van der Waals surface area contributed by atoms with E-state index in [2.05, 4.69) is 37.2 Å². The number of carbonyl (C=O) groups excluding carboxylic acids is 2. The number of nitrogens with zero attached hydrogens (tertiary/aromatic N) is 4. The molecule has 138 valence electrons. The van der Waals surface area contributed by atoms with Gasteiger partial charge in [-0.1, -0.05) is 18.7 Å². The average molecular weight is 366 g/mol. The Morgan fingerprint density at radius 2 is 1.88 bits per heavy atom. The maximum absolute atomic E-state index is 12.1. The molecule has 2 fully saturated rings. The molecule has 0 bridgehead atoms. The molecular formula is C16H26N6O2S. The van der Waals surface area contributed by atoms with Crippen molar-refractivity contribution in [1.82, 2.24) is 25.4 Å². The van der Waals surface area contributed by atoms with Crippen molar-refractivity contribution in [1.29, 1.82) is 0 Å². The standard InChI is InChI=1S/C16H26N6O2S/c1-10-6-8-21(9-7-10)15-19-20-16(22(15)12-4-5-12)25-11(2)13(23)18-14(24)17-3/h10-12H,4-9H2,1-3H3,(H2,17,18,23,24)/t11-/m1/s1. The zero-order chi connectivity index (χ0) is 18.0. The topological polar surface area (TPSA) is 92.2 Å². The SMILES string of the molecule is CNC(=O)NC(=O)[C@@H](C)Sc1nnc(N2CCC(C)CC2)n1C1CC1. The Balaban J connectivity index is 1.71. The van der Waals surface area contributed by atoms with Gasteiger partial charge in [-0.25, -0.2) is 4.79 Å². The Hall–Kier alpha value is -1.77. The third kappa shape index (κ3) is 4.26. The fraction of sp³-hybridized carbons (Fsp3) is 0.750. The van der Waals surface area contributed by atoms with Crippen molar-refractivity contribution in [2.45, 2.75) is 56.0 Å². The molecule has 0 radical (unpaired) electrons. The Morgan fingerprint density at radius 1 is 1.20 bits per heavy atom. The van der Waals surface area contributed by atoms with Gasteiger partial charge in [0.2, 0.25) is 11.9 Å². The molecule has 2 aliphatic rings. The molecule has 9 heteroatoms. The van der Waals surface area contributed by atoms with Gasteiger partial charge in [-0.05, 0) is 38.5 Å². The molecule has 25 heavy (non-hydrogen) atoms. The quantitative estimate of drug-likeness (QED) is 0.772. The maximum Gasteiger partial charge on any atom is 0.321 e. The summed E-state index contributed by atoms with van der Waals surface area (Å²) in [6.45, 7) is 6.07. The van der Waals surface area contributed by atoms with Crippen LogP contribution >= 0.6 is 11.8 Å². The first-order chi connectivity index (χ1) is 12.0.